The van der Waals surface area contributed by atoms with Crippen molar-refractivity contribution >= 4 is 23.2 Å². The second kappa shape index (κ2) is 7.67. The summed E-state index contributed by atoms with van der Waals surface area (Å²) in [6, 6.07) is 12.4. The average Bonchev–Trinajstić information content (AvgIpc) is 2.97. The number of anilines is 2. The molecular formula is C23H18F3N3O3. The number of benzene rings is 2. The number of pyridine rings is 1. The molecule has 2 aromatic carbocycles. The molecule has 2 N–H and O–H groups in total. The fourth-order valence-corrected chi connectivity index (χ4v) is 3.31. The molecule has 0 unspecified atom stereocenters. The van der Waals surface area contributed by atoms with Crippen molar-refractivity contribution in [2.45, 2.75) is 25.4 Å². The smallest absolute Gasteiger partial charge is 0.416 e. The minimum absolute atomic E-state index is 0.00720. The van der Waals surface area contributed by atoms with Gasteiger partial charge in [-0.05, 0) is 55.8 Å². The zero-order valence-corrected chi connectivity index (χ0v) is 17.1. The van der Waals surface area contributed by atoms with Gasteiger partial charge in [-0.3, -0.25) is 9.59 Å². The molecule has 0 aliphatic carbocycles. The van der Waals surface area contributed by atoms with Crippen LogP contribution in [-0.4, -0.2) is 16.8 Å². The Bertz CT molecular complexity index is 1210. The lowest BCUT2D eigenvalue weighted by Gasteiger charge is -2.15. The van der Waals surface area contributed by atoms with Gasteiger partial charge in [-0.1, -0.05) is 12.1 Å². The lowest BCUT2D eigenvalue weighted by molar-refractivity contribution is -0.137. The molecule has 0 saturated carbocycles. The SMILES string of the molecule is CC1(C)C(=O)Nc2cc(C(=O)Nc3ccc(Oc4cccc(C(F)(F)F)c4)nc3)ccc21. The third kappa shape index (κ3) is 4.14. The Balaban J connectivity index is 1.44. The Morgan fingerprint density at radius 3 is 2.56 bits per heavy atom. The van der Waals surface area contributed by atoms with E-state index in [0.29, 0.717) is 16.9 Å². The summed E-state index contributed by atoms with van der Waals surface area (Å²) in [6.07, 6.45) is -3.14. The van der Waals surface area contributed by atoms with Crippen LogP contribution in [-0.2, 0) is 16.4 Å². The maximum Gasteiger partial charge on any atom is 0.416 e. The number of nitrogens with one attached hydrogen (secondary N) is 2. The van der Waals surface area contributed by atoms with Crippen molar-refractivity contribution in [3.8, 4) is 11.6 Å². The van der Waals surface area contributed by atoms with Gasteiger partial charge in [0.1, 0.15) is 5.75 Å². The highest BCUT2D eigenvalue weighted by atomic mass is 19.4. The van der Waals surface area contributed by atoms with E-state index in [1.807, 2.05) is 13.8 Å². The zero-order chi connectivity index (χ0) is 23.1. The topological polar surface area (TPSA) is 80.3 Å². The maximum absolute atomic E-state index is 12.8. The minimum Gasteiger partial charge on any atom is -0.439 e. The molecule has 0 saturated heterocycles. The second-order valence-electron chi connectivity index (χ2n) is 7.81. The minimum atomic E-state index is -4.48. The van der Waals surface area contributed by atoms with E-state index in [-0.39, 0.29) is 17.5 Å². The van der Waals surface area contributed by atoms with Crippen LogP contribution in [0.4, 0.5) is 24.5 Å². The van der Waals surface area contributed by atoms with Crippen LogP contribution in [0.3, 0.4) is 0 Å². The van der Waals surface area contributed by atoms with Crippen molar-refractivity contribution in [1.29, 1.82) is 0 Å². The molecule has 0 fully saturated rings. The number of aromatic nitrogens is 1. The van der Waals surface area contributed by atoms with E-state index in [1.165, 1.54) is 30.5 Å². The first-order valence-electron chi connectivity index (χ1n) is 9.62. The van der Waals surface area contributed by atoms with Crippen molar-refractivity contribution in [3.05, 3.63) is 77.5 Å². The number of nitrogens with zero attached hydrogens (tertiary/aromatic N) is 1. The highest BCUT2D eigenvalue weighted by Crippen LogP contribution is 2.37. The molecule has 32 heavy (non-hydrogen) atoms. The van der Waals surface area contributed by atoms with Crippen molar-refractivity contribution < 1.29 is 27.5 Å². The number of alkyl halides is 3. The quantitative estimate of drug-likeness (QED) is 0.570. The van der Waals surface area contributed by atoms with E-state index >= 15 is 0 Å². The number of carbonyl (C=O) groups excluding carboxylic acids is 2. The fourth-order valence-electron chi connectivity index (χ4n) is 3.31. The number of amides is 2. The molecule has 6 nitrogen and oxygen atoms in total. The van der Waals surface area contributed by atoms with E-state index in [1.54, 1.807) is 18.2 Å². The average molecular weight is 441 g/mol. The maximum atomic E-state index is 12.8. The van der Waals surface area contributed by atoms with Crippen molar-refractivity contribution in [2.75, 3.05) is 10.6 Å². The number of ether oxygens (including phenoxy) is 1. The number of rotatable bonds is 4. The zero-order valence-electron chi connectivity index (χ0n) is 17.1. The molecule has 0 bridgehead atoms. The summed E-state index contributed by atoms with van der Waals surface area (Å²) in [7, 11) is 0. The number of hydrogen-bond donors (Lipinski definition) is 2. The molecule has 2 heterocycles. The Labute approximate surface area is 181 Å². The highest BCUT2D eigenvalue weighted by molar-refractivity contribution is 6.09. The largest absolute Gasteiger partial charge is 0.439 e. The first-order chi connectivity index (χ1) is 15.0. The first kappa shape index (κ1) is 21.4. The third-order valence-corrected chi connectivity index (χ3v) is 5.15. The molecule has 0 spiro atoms. The van der Waals surface area contributed by atoms with Crippen LogP contribution in [0.5, 0.6) is 11.6 Å². The van der Waals surface area contributed by atoms with Gasteiger partial charge in [0.15, 0.2) is 0 Å². The van der Waals surface area contributed by atoms with Gasteiger partial charge in [-0.25, -0.2) is 4.98 Å². The van der Waals surface area contributed by atoms with Crippen molar-refractivity contribution in [3.63, 3.8) is 0 Å². The van der Waals surface area contributed by atoms with Crippen LogP contribution in [0.25, 0.3) is 0 Å². The van der Waals surface area contributed by atoms with Gasteiger partial charge in [-0.15, -0.1) is 0 Å². The number of fused-ring (bicyclic) bond motifs is 1. The third-order valence-electron chi connectivity index (χ3n) is 5.15. The standard InChI is InChI=1S/C23H18F3N3O3/c1-22(2)17-8-6-13(10-18(17)29-21(22)31)20(30)28-15-7-9-19(27-12-15)32-16-5-3-4-14(11-16)23(24,25)26/h3-12H,1-2H3,(H,28,30)(H,29,31). The molecule has 9 heteroatoms. The van der Waals surface area contributed by atoms with Crippen LogP contribution in [0, 0.1) is 0 Å². The molecule has 1 aromatic heterocycles. The summed E-state index contributed by atoms with van der Waals surface area (Å²) in [5.41, 5.74) is 0.645. The van der Waals surface area contributed by atoms with Gasteiger partial charge in [0.05, 0.1) is 22.9 Å². The Kier molecular flexibility index (Phi) is 5.12. The van der Waals surface area contributed by atoms with Crippen LogP contribution >= 0.6 is 0 Å². The summed E-state index contributed by atoms with van der Waals surface area (Å²) in [6.45, 7) is 3.62. The summed E-state index contributed by atoms with van der Waals surface area (Å²) in [5, 5.41) is 5.46. The van der Waals surface area contributed by atoms with Crippen molar-refractivity contribution in [2.24, 2.45) is 0 Å². The summed E-state index contributed by atoms with van der Waals surface area (Å²) >= 11 is 0. The van der Waals surface area contributed by atoms with Gasteiger partial charge in [-0.2, -0.15) is 13.2 Å². The van der Waals surface area contributed by atoms with Gasteiger partial charge in [0.2, 0.25) is 11.8 Å². The van der Waals surface area contributed by atoms with E-state index in [9.17, 15) is 22.8 Å². The molecule has 2 amide bonds. The monoisotopic (exact) mass is 441 g/mol. The molecule has 1 aliphatic rings. The number of halogens is 3. The molecular weight excluding hydrogens is 423 g/mol. The molecule has 0 radical (unpaired) electrons. The Morgan fingerprint density at radius 2 is 1.88 bits per heavy atom. The van der Waals surface area contributed by atoms with E-state index in [0.717, 1.165) is 17.7 Å². The molecule has 1 aliphatic heterocycles. The molecule has 164 valence electrons. The Hall–Kier alpha value is -3.88. The second-order valence-corrected chi connectivity index (χ2v) is 7.81. The van der Waals surface area contributed by atoms with Crippen molar-refractivity contribution in [1.82, 2.24) is 4.98 Å². The lowest BCUT2D eigenvalue weighted by Crippen LogP contribution is -2.26. The van der Waals surface area contributed by atoms with Crippen LogP contribution in [0.1, 0.15) is 35.3 Å². The predicted octanol–water partition coefficient (Wildman–Crippen LogP) is 5.37. The lowest BCUT2D eigenvalue weighted by atomic mass is 9.86. The molecule has 4 rings (SSSR count). The van der Waals surface area contributed by atoms with Gasteiger partial charge < -0.3 is 15.4 Å². The van der Waals surface area contributed by atoms with E-state index in [4.69, 9.17) is 4.74 Å². The number of hydrogen-bond acceptors (Lipinski definition) is 4. The fraction of sp³-hybridized carbons (Fsp3) is 0.174. The first-order valence-corrected chi connectivity index (χ1v) is 9.62. The summed E-state index contributed by atoms with van der Waals surface area (Å²) in [5.74, 6) is -0.470. The number of carbonyl (C=O) groups is 2. The van der Waals surface area contributed by atoms with Gasteiger partial charge >= 0.3 is 6.18 Å². The Morgan fingerprint density at radius 1 is 1.09 bits per heavy atom. The van der Waals surface area contributed by atoms with Gasteiger partial charge in [0.25, 0.3) is 5.91 Å². The molecule has 3 aromatic rings. The van der Waals surface area contributed by atoms with Crippen LogP contribution < -0.4 is 15.4 Å². The van der Waals surface area contributed by atoms with E-state index in [2.05, 4.69) is 15.6 Å². The summed E-state index contributed by atoms with van der Waals surface area (Å²) < 4.78 is 43.8. The predicted molar refractivity (Wildman–Crippen MR) is 112 cm³/mol. The normalized spacial score (nSPS) is 14.5. The molecule has 0 atom stereocenters. The van der Waals surface area contributed by atoms with Crippen LogP contribution in [0.2, 0.25) is 0 Å². The van der Waals surface area contributed by atoms with E-state index < -0.39 is 23.1 Å². The highest BCUT2D eigenvalue weighted by Gasteiger charge is 2.38. The summed E-state index contributed by atoms with van der Waals surface area (Å²) in [4.78, 5) is 28.7. The van der Waals surface area contributed by atoms with Gasteiger partial charge in [0, 0.05) is 17.3 Å². The van der Waals surface area contributed by atoms with Crippen LogP contribution in [0.15, 0.2) is 60.8 Å².